The van der Waals surface area contributed by atoms with Gasteiger partial charge in [0.05, 0.1) is 29.6 Å². The third-order valence-electron chi connectivity index (χ3n) is 6.56. The number of aryl methyl sites for hydroxylation is 1. The van der Waals surface area contributed by atoms with E-state index >= 15 is 0 Å². The van der Waals surface area contributed by atoms with Crippen LogP contribution in [0.2, 0.25) is 0 Å². The predicted molar refractivity (Wildman–Crippen MR) is 141 cm³/mol. The fourth-order valence-corrected chi connectivity index (χ4v) is 4.49. The molecular weight excluding hydrogens is 510 g/mol. The van der Waals surface area contributed by atoms with Gasteiger partial charge in [0.2, 0.25) is 0 Å². The number of carbonyl (C=O) groups excluding carboxylic acids is 3. The number of nitrogens with zero attached hydrogens (tertiary/aromatic N) is 3. The van der Waals surface area contributed by atoms with Crippen LogP contribution in [0.5, 0.6) is 0 Å². The molecule has 0 aliphatic carbocycles. The van der Waals surface area contributed by atoms with Crippen LogP contribution in [0.1, 0.15) is 58.2 Å². The van der Waals surface area contributed by atoms with Crippen molar-refractivity contribution >= 4 is 40.3 Å². The Kier molecular flexibility index (Phi) is 7.58. The van der Waals surface area contributed by atoms with Crippen LogP contribution >= 0.6 is 0 Å². The topological polar surface area (TPSA) is 129 Å². The van der Waals surface area contributed by atoms with E-state index < -0.39 is 47.8 Å². The minimum absolute atomic E-state index is 0.228. The summed E-state index contributed by atoms with van der Waals surface area (Å²) < 4.78 is 34.8. The number of amides is 3. The molecule has 1 saturated heterocycles. The number of likely N-dealkylation sites (tertiary alicyclic amines) is 1. The van der Waals surface area contributed by atoms with Gasteiger partial charge in [-0.3, -0.25) is 20.0 Å². The van der Waals surface area contributed by atoms with Gasteiger partial charge in [-0.2, -0.15) is 5.10 Å². The second-order valence-corrected chi connectivity index (χ2v) is 10.7. The minimum Gasteiger partial charge on any atom is -0.444 e. The average Bonchev–Trinajstić information content (AvgIpc) is 3.32. The average molecular weight is 543 g/mol. The van der Waals surface area contributed by atoms with Gasteiger partial charge in [0, 0.05) is 24.3 Å². The van der Waals surface area contributed by atoms with Crippen molar-refractivity contribution < 1.29 is 27.9 Å². The molecule has 0 saturated carbocycles. The molecule has 1 aromatic carbocycles. The second-order valence-electron chi connectivity index (χ2n) is 10.7. The lowest BCUT2D eigenvalue weighted by atomic mass is 9.86. The third kappa shape index (κ3) is 6.32. The summed E-state index contributed by atoms with van der Waals surface area (Å²) in [7, 11) is 0. The van der Waals surface area contributed by atoms with Crippen molar-refractivity contribution in [3.05, 3.63) is 47.8 Å². The van der Waals surface area contributed by atoms with Crippen molar-refractivity contribution in [3.63, 3.8) is 0 Å². The van der Waals surface area contributed by atoms with Crippen LogP contribution < -0.4 is 10.6 Å². The molecule has 0 unspecified atom stereocenters. The highest BCUT2D eigenvalue weighted by Gasteiger charge is 2.48. The van der Waals surface area contributed by atoms with E-state index in [0.29, 0.717) is 22.9 Å². The molecule has 3 amide bonds. The second kappa shape index (κ2) is 10.6. The Morgan fingerprint density at radius 1 is 1.18 bits per heavy atom. The van der Waals surface area contributed by atoms with E-state index in [4.69, 9.17) is 4.74 Å². The molecule has 4 rings (SSSR count). The highest BCUT2D eigenvalue weighted by molar-refractivity contribution is 6.39. The monoisotopic (exact) mass is 542 g/mol. The SMILES string of the molecule is CCc1cc(NC(=O)C(=O)N2C[C@@H](C)C(F)(F)C[C@H]2c2ccc3[nH]ncc3c2)cnc1NC(=O)OC(C)(C)C. The van der Waals surface area contributed by atoms with E-state index in [1.54, 1.807) is 51.2 Å². The number of hydrogen-bond acceptors (Lipinski definition) is 6. The van der Waals surface area contributed by atoms with Gasteiger partial charge in [-0.15, -0.1) is 0 Å². The molecule has 2 atom stereocenters. The fraction of sp³-hybridized carbons (Fsp3) is 0.444. The molecule has 12 heteroatoms. The maximum atomic E-state index is 14.8. The van der Waals surface area contributed by atoms with Crippen LogP contribution in [-0.2, 0) is 20.7 Å². The van der Waals surface area contributed by atoms with E-state index in [2.05, 4.69) is 25.8 Å². The smallest absolute Gasteiger partial charge is 0.413 e. The summed E-state index contributed by atoms with van der Waals surface area (Å²) in [6, 6.07) is 5.65. The number of alkyl halides is 2. The van der Waals surface area contributed by atoms with Gasteiger partial charge >= 0.3 is 17.9 Å². The number of aromatic amines is 1. The standard InChI is InChI=1S/C27H32F2N6O4/c1-6-16-10-19(13-30-22(16)33-25(38)39-26(3,4)5)32-23(36)24(37)35-14-15(2)27(28,29)11-21(35)17-7-8-20-18(9-17)12-31-34-20/h7-10,12-13,15,21H,6,11,14H2,1-5H3,(H,31,34)(H,32,36)(H,30,33,38)/t15-,21+/m1/s1. The molecule has 3 aromatic rings. The Hall–Kier alpha value is -4.09. The van der Waals surface area contributed by atoms with Crippen molar-refractivity contribution in [1.82, 2.24) is 20.1 Å². The summed E-state index contributed by atoms with van der Waals surface area (Å²) in [4.78, 5) is 43.9. The van der Waals surface area contributed by atoms with Crippen LogP contribution in [0.25, 0.3) is 10.9 Å². The molecule has 2 aromatic heterocycles. The van der Waals surface area contributed by atoms with Crippen molar-refractivity contribution in [2.24, 2.45) is 5.92 Å². The van der Waals surface area contributed by atoms with Gasteiger partial charge in [-0.1, -0.05) is 19.9 Å². The number of nitrogens with one attached hydrogen (secondary N) is 3. The number of ether oxygens (including phenoxy) is 1. The number of rotatable bonds is 4. The maximum absolute atomic E-state index is 14.8. The Labute approximate surface area is 224 Å². The first kappa shape index (κ1) is 27.9. The molecule has 0 spiro atoms. The Balaban J connectivity index is 1.53. The molecule has 3 N–H and O–H groups in total. The summed E-state index contributed by atoms with van der Waals surface area (Å²) in [6.07, 6.45) is 2.05. The zero-order chi connectivity index (χ0) is 28.5. The lowest BCUT2D eigenvalue weighted by Crippen LogP contribution is -2.52. The highest BCUT2D eigenvalue weighted by atomic mass is 19.3. The first-order chi connectivity index (χ1) is 18.3. The van der Waals surface area contributed by atoms with Crippen LogP contribution in [0.4, 0.5) is 25.1 Å². The molecule has 1 fully saturated rings. The third-order valence-corrected chi connectivity index (χ3v) is 6.56. The minimum atomic E-state index is -3.01. The lowest BCUT2D eigenvalue weighted by molar-refractivity contribution is -0.159. The molecular formula is C27H32F2N6O4. The van der Waals surface area contributed by atoms with E-state index in [9.17, 15) is 23.2 Å². The number of anilines is 2. The molecule has 1 aliphatic heterocycles. The van der Waals surface area contributed by atoms with Gasteiger partial charge in [0.25, 0.3) is 5.92 Å². The number of halogens is 2. The van der Waals surface area contributed by atoms with Gasteiger partial charge < -0.3 is 15.0 Å². The van der Waals surface area contributed by atoms with Gasteiger partial charge in [-0.05, 0) is 56.5 Å². The van der Waals surface area contributed by atoms with Gasteiger partial charge in [0.1, 0.15) is 11.4 Å². The first-order valence-corrected chi connectivity index (χ1v) is 12.7. The van der Waals surface area contributed by atoms with Gasteiger partial charge in [-0.25, -0.2) is 18.6 Å². The summed E-state index contributed by atoms with van der Waals surface area (Å²) in [5, 5.41) is 12.6. The number of hydrogen-bond donors (Lipinski definition) is 3. The van der Waals surface area contributed by atoms with E-state index in [0.717, 1.165) is 5.52 Å². The Bertz CT molecular complexity index is 1400. The van der Waals surface area contributed by atoms with Crippen LogP contribution in [0.15, 0.2) is 36.7 Å². The normalized spacial score (nSPS) is 19.0. The van der Waals surface area contributed by atoms with Crippen molar-refractivity contribution in [3.8, 4) is 0 Å². The molecule has 39 heavy (non-hydrogen) atoms. The Morgan fingerprint density at radius 3 is 2.62 bits per heavy atom. The van der Waals surface area contributed by atoms with E-state index in [1.165, 1.54) is 18.0 Å². The number of benzene rings is 1. The number of fused-ring (bicyclic) bond motifs is 1. The largest absolute Gasteiger partial charge is 0.444 e. The quantitative estimate of drug-likeness (QED) is 0.396. The first-order valence-electron chi connectivity index (χ1n) is 12.7. The lowest BCUT2D eigenvalue weighted by Gasteiger charge is -2.42. The van der Waals surface area contributed by atoms with E-state index in [-0.39, 0.29) is 18.1 Å². The van der Waals surface area contributed by atoms with E-state index in [1.807, 2.05) is 6.92 Å². The molecule has 208 valence electrons. The molecule has 0 radical (unpaired) electrons. The van der Waals surface area contributed by atoms with Crippen molar-refractivity contribution in [2.75, 3.05) is 17.2 Å². The van der Waals surface area contributed by atoms with Crippen molar-refractivity contribution in [1.29, 1.82) is 0 Å². The maximum Gasteiger partial charge on any atom is 0.413 e. The molecule has 3 heterocycles. The Morgan fingerprint density at radius 2 is 1.92 bits per heavy atom. The molecule has 1 aliphatic rings. The molecule has 10 nitrogen and oxygen atoms in total. The van der Waals surface area contributed by atoms with Crippen molar-refractivity contribution in [2.45, 2.75) is 65.0 Å². The zero-order valence-electron chi connectivity index (χ0n) is 22.5. The summed E-state index contributed by atoms with van der Waals surface area (Å²) in [5.74, 6) is -5.78. The summed E-state index contributed by atoms with van der Waals surface area (Å²) >= 11 is 0. The zero-order valence-corrected chi connectivity index (χ0v) is 22.5. The fourth-order valence-electron chi connectivity index (χ4n) is 4.49. The number of carbonyl (C=O) groups is 3. The highest BCUT2D eigenvalue weighted by Crippen LogP contribution is 2.43. The van der Waals surface area contributed by atoms with Crippen LogP contribution in [0.3, 0.4) is 0 Å². The molecule has 0 bridgehead atoms. The van der Waals surface area contributed by atoms with Gasteiger partial charge in [0.15, 0.2) is 0 Å². The predicted octanol–water partition coefficient (Wildman–Crippen LogP) is 5.05. The van der Waals surface area contributed by atoms with Crippen LogP contribution in [0, 0.1) is 5.92 Å². The number of aromatic nitrogens is 3. The number of piperidine rings is 1. The number of H-pyrrole nitrogens is 1. The summed E-state index contributed by atoms with van der Waals surface area (Å²) in [5.41, 5.74) is 1.36. The van der Waals surface area contributed by atoms with Crippen LogP contribution in [-0.4, -0.2) is 56.1 Å². The summed E-state index contributed by atoms with van der Waals surface area (Å²) in [6.45, 7) is 8.12. The number of pyridine rings is 1.